The SMILES string of the molecule is N#Cc1ccccc1COc1ccc(C(=O)NCCC(=O)NC2CCCC2)cc1. The molecular weight excluding hydrogens is 366 g/mol. The van der Waals surface area contributed by atoms with Crippen LogP contribution in [0.2, 0.25) is 0 Å². The highest BCUT2D eigenvalue weighted by Crippen LogP contribution is 2.18. The zero-order chi connectivity index (χ0) is 20.5. The van der Waals surface area contributed by atoms with Crippen molar-refractivity contribution in [3.63, 3.8) is 0 Å². The summed E-state index contributed by atoms with van der Waals surface area (Å²) in [6, 6.07) is 16.5. The molecule has 2 aromatic rings. The second-order valence-electron chi connectivity index (χ2n) is 7.14. The van der Waals surface area contributed by atoms with Crippen LogP contribution in [0.25, 0.3) is 0 Å². The van der Waals surface area contributed by atoms with Gasteiger partial charge in [0.25, 0.3) is 5.91 Å². The normalized spacial score (nSPS) is 13.5. The zero-order valence-electron chi connectivity index (χ0n) is 16.3. The Bertz CT molecular complexity index is 881. The van der Waals surface area contributed by atoms with E-state index in [4.69, 9.17) is 10.00 Å². The van der Waals surface area contributed by atoms with Crippen LogP contribution in [-0.4, -0.2) is 24.4 Å². The molecule has 0 spiro atoms. The molecule has 1 saturated carbocycles. The van der Waals surface area contributed by atoms with E-state index in [1.807, 2.05) is 18.2 Å². The maximum Gasteiger partial charge on any atom is 0.251 e. The first kappa shape index (κ1) is 20.4. The molecule has 2 N–H and O–H groups in total. The van der Waals surface area contributed by atoms with Crippen molar-refractivity contribution in [2.75, 3.05) is 6.54 Å². The highest BCUT2D eigenvalue weighted by Gasteiger charge is 2.17. The summed E-state index contributed by atoms with van der Waals surface area (Å²) in [6.07, 6.45) is 4.73. The van der Waals surface area contributed by atoms with Gasteiger partial charge in [-0.15, -0.1) is 0 Å². The van der Waals surface area contributed by atoms with Crippen LogP contribution >= 0.6 is 0 Å². The van der Waals surface area contributed by atoms with Gasteiger partial charge in [0.05, 0.1) is 11.6 Å². The number of hydrogen-bond donors (Lipinski definition) is 2. The van der Waals surface area contributed by atoms with E-state index in [0.29, 0.717) is 29.5 Å². The lowest BCUT2D eigenvalue weighted by Crippen LogP contribution is -2.35. The molecule has 1 aliphatic carbocycles. The van der Waals surface area contributed by atoms with Crippen molar-refractivity contribution < 1.29 is 14.3 Å². The van der Waals surface area contributed by atoms with Crippen LogP contribution in [0, 0.1) is 11.3 Å². The number of benzene rings is 2. The lowest BCUT2D eigenvalue weighted by Gasteiger charge is -2.12. The fourth-order valence-corrected chi connectivity index (χ4v) is 3.38. The minimum absolute atomic E-state index is 0.0152. The summed E-state index contributed by atoms with van der Waals surface area (Å²) in [5.74, 6) is 0.379. The smallest absolute Gasteiger partial charge is 0.251 e. The fourth-order valence-electron chi connectivity index (χ4n) is 3.38. The molecule has 29 heavy (non-hydrogen) atoms. The van der Waals surface area contributed by atoms with Crippen LogP contribution in [0.1, 0.15) is 53.6 Å². The second-order valence-corrected chi connectivity index (χ2v) is 7.14. The molecule has 1 fully saturated rings. The minimum Gasteiger partial charge on any atom is -0.489 e. The van der Waals surface area contributed by atoms with Gasteiger partial charge in [0.2, 0.25) is 5.91 Å². The molecule has 0 aliphatic heterocycles. The average Bonchev–Trinajstić information content (AvgIpc) is 3.25. The first-order valence-corrected chi connectivity index (χ1v) is 9.94. The molecule has 6 nitrogen and oxygen atoms in total. The Hall–Kier alpha value is -3.33. The Labute approximate surface area is 170 Å². The van der Waals surface area contributed by atoms with E-state index in [2.05, 4.69) is 16.7 Å². The molecule has 2 amide bonds. The van der Waals surface area contributed by atoms with E-state index < -0.39 is 0 Å². The number of ether oxygens (including phenoxy) is 1. The molecule has 0 aromatic heterocycles. The molecule has 0 radical (unpaired) electrons. The molecule has 0 heterocycles. The number of rotatable bonds is 8. The molecule has 0 atom stereocenters. The van der Waals surface area contributed by atoms with Gasteiger partial charge >= 0.3 is 0 Å². The molecule has 0 unspecified atom stereocenters. The predicted octanol–water partition coefficient (Wildman–Crippen LogP) is 3.32. The molecule has 0 saturated heterocycles. The molecule has 0 bridgehead atoms. The summed E-state index contributed by atoms with van der Waals surface area (Å²) in [5.41, 5.74) is 1.90. The van der Waals surface area contributed by atoms with Gasteiger partial charge in [-0.25, -0.2) is 0 Å². The Morgan fingerprint density at radius 1 is 1.07 bits per heavy atom. The van der Waals surface area contributed by atoms with Crippen molar-refractivity contribution in [3.8, 4) is 11.8 Å². The molecule has 6 heteroatoms. The third kappa shape index (κ3) is 6.08. The van der Waals surface area contributed by atoms with Crippen LogP contribution in [0.5, 0.6) is 5.75 Å². The molecule has 150 valence electrons. The average molecular weight is 391 g/mol. The number of nitriles is 1. The summed E-state index contributed by atoms with van der Waals surface area (Å²) in [4.78, 5) is 24.1. The van der Waals surface area contributed by atoms with Crippen molar-refractivity contribution in [2.45, 2.75) is 44.8 Å². The standard InChI is InChI=1S/C23H25N3O3/c24-15-18-5-1-2-6-19(18)16-29-21-11-9-17(10-12-21)23(28)25-14-13-22(27)26-20-7-3-4-8-20/h1-2,5-6,9-12,20H,3-4,7-8,13-14,16H2,(H,25,28)(H,26,27). The lowest BCUT2D eigenvalue weighted by atomic mass is 10.1. The first-order chi connectivity index (χ1) is 14.2. The third-order valence-electron chi connectivity index (χ3n) is 5.01. The third-order valence-corrected chi connectivity index (χ3v) is 5.01. The van der Waals surface area contributed by atoms with Crippen LogP contribution in [0.4, 0.5) is 0 Å². The Morgan fingerprint density at radius 3 is 2.52 bits per heavy atom. The largest absolute Gasteiger partial charge is 0.489 e. The Morgan fingerprint density at radius 2 is 1.79 bits per heavy atom. The highest BCUT2D eigenvalue weighted by atomic mass is 16.5. The Balaban J connectivity index is 1.42. The molecule has 1 aliphatic rings. The number of nitrogens with zero attached hydrogens (tertiary/aromatic N) is 1. The summed E-state index contributed by atoms with van der Waals surface area (Å²) in [5, 5.41) is 14.9. The molecular formula is C23H25N3O3. The number of carbonyl (C=O) groups is 2. The van der Waals surface area contributed by atoms with Crippen LogP contribution < -0.4 is 15.4 Å². The maximum atomic E-state index is 12.2. The maximum absolute atomic E-state index is 12.2. The van der Waals surface area contributed by atoms with E-state index in [1.54, 1.807) is 30.3 Å². The second kappa shape index (κ2) is 10.3. The van der Waals surface area contributed by atoms with Gasteiger partial charge in [0, 0.05) is 30.1 Å². The zero-order valence-corrected chi connectivity index (χ0v) is 16.3. The molecule has 2 aromatic carbocycles. The summed E-state index contributed by atoms with van der Waals surface area (Å²) < 4.78 is 5.71. The number of hydrogen-bond acceptors (Lipinski definition) is 4. The van der Waals surface area contributed by atoms with Crippen molar-refractivity contribution in [1.82, 2.24) is 10.6 Å². The van der Waals surface area contributed by atoms with E-state index in [1.165, 1.54) is 12.8 Å². The van der Waals surface area contributed by atoms with E-state index in [-0.39, 0.29) is 24.8 Å². The monoisotopic (exact) mass is 391 g/mol. The summed E-state index contributed by atoms with van der Waals surface area (Å²) >= 11 is 0. The van der Waals surface area contributed by atoms with Crippen molar-refractivity contribution in [2.24, 2.45) is 0 Å². The van der Waals surface area contributed by atoms with Crippen LogP contribution in [0.3, 0.4) is 0 Å². The Kier molecular flexibility index (Phi) is 7.23. The quantitative estimate of drug-likeness (QED) is 0.722. The van der Waals surface area contributed by atoms with Gasteiger partial charge in [0.15, 0.2) is 0 Å². The molecule has 3 rings (SSSR count). The van der Waals surface area contributed by atoms with E-state index in [0.717, 1.165) is 18.4 Å². The fraction of sp³-hybridized carbons (Fsp3) is 0.348. The van der Waals surface area contributed by atoms with Gasteiger partial charge < -0.3 is 15.4 Å². The van der Waals surface area contributed by atoms with Gasteiger partial charge in [-0.1, -0.05) is 31.0 Å². The number of carbonyl (C=O) groups excluding carboxylic acids is 2. The topological polar surface area (TPSA) is 91.2 Å². The van der Waals surface area contributed by atoms with Crippen molar-refractivity contribution >= 4 is 11.8 Å². The van der Waals surface area contributed by atoms with Gasteiger partial charge in [-0.2, -0.15) is 5.26 Å². The van der Waals surface area contributed by atoms with Gasteiger partial charge in [0.1, 0.15) is 12.4 Å². The number of amides is 2. The van der Waals surface area contributed by atoms with Crippen molar-refractivity contribution in [3.05, 3.63) is 65.2 Å². The summed E-state index contributed by atoms with van der Waals surface area (Å²) in [7, 11) is 0. The van der Waals surface area contributed by atoms with Gasteiger partial charge in [-0.05, 0) is 43.2 Å². The summed E-state index contributed by atoms with van der Waals surface area (Å²) in [6.45, 7) is 0.589. The lowest BCUT2D eigenvalue weighted by molar-refractivity contribution is -0.121. The van der Waals surface area contributed by atoms with Crippen LogP contribution in [0.15, 0.2) is 48.5 Å². The van der Waals surface area contributed by atoms with E-state index >= 15 is 0 Å². The predicted molar refractivity (Wildman–Crippen MR) is 109 cm³/mol. The van der Waals surface area contributed by atoms with Crippen LogP contribution in [-0.2, 0) is 11.4 Å². The van der Waals surface area contributed by atoms with Gasteiger partial charge in [-0.3, -0.25) is 9.59 Å². The van der Waals surface area contributed by atoms with Crippen molar-refractivity contribution in [1.29, 1.82) is 5.26 Å². The highest BCUT2D eigenvalue weighted by molar-refractivity contribution is 5.94. The number of nitrogens with one attached hydrogen (secondary N) is 2. The minimum atomic E-state index is -0.222. The first-order valence-electron chi connectivity index (χ1n) is 9.94. The van der Waals surface area contributed by atoms with E-state index in [9.17, 15) is 9.59 Å².